The van der Waals surface area contributed by atoms with Gasteiger partial charge in [0.1, 0.15) is 17.1 Å². The number of fused-ring (bicyclic) bond motifs is 2. The number of hydrogen-bond acceptors (Lipinski definition) is 7. The van der Waals surface area contributed by atoms with Gasteiger partial charge in [-0.1, -0.05) is 36.4 Å². The molecule has 216 valence electrons. The summed E-state index contributed by atoms with van der Waals surface area (Å²) in [4.78, 5) is 32.6. The molecule has 2 saturated heterocycles. The summed E-state index contributed by atoms with van der Waals surface area (Å²) in [5.41, 5.74) is 6.04. The molecule has 4 heterocycles. The first kappa shape index (κ1) is 26.7. The number of ether oxygens (including phenoxy) is 2. The fourth-order valence-corrected chi connectivity index (χ4v) is 6.69. The van der Waals surface area contributed by atoms with Gasteiger partial charge in [0.15, 0.2) is 0 Å². The maximum atomic E-state index is 13.4. The summed E-state index contributed by atoms with van der Waals surface area (Å²) in [6, 6.07) is 20.1. The van der Waals surface area contributed by atoms with E-state index in [1.807, 2.05) is 37.3 Å². The molecule has 2 fully saturated rings. The number of anilines is 1. The fourth-order valence-electron chi connectivity index (χ4n) is 6.69. The average molecular weight is 566 g/mol. The zero-order valence-corrected chi connectivity index (χ0v) is 24.1. The quantitative estimate of drug-likeness (QED) is 0.274. The van der Waals surface area contributed by atoms with Crippen molar-refractivity contribution < 1.29 is 23.5 Å². The van der Waals surface area contributed by atoms with E-state index in [2.05, 4.69) is 34.1 Å². The first-order chi connectivity index (χ1) is 20.5. The van der Waals surface area contributed by atoms with Crippen LogP contribution >= 0.6 is 0 Å². The second kappa shape index (κ2) is 10.9. The number of benzene rings is 3. The van der Waals surface area contributed by atoms with Gasteiger partial charge in [-0.25, -0.2) is 0 Å². The molecule has 3 aliphatic rings. The van der Waals surface area contributed by atoms with Gasteiger partial charge in [0.25, 0.3) is 11.8 Å². The third-order valence-corrected chi connectivity index (χ3v) is 8.82. The van der Waals surface area contributed by atoms with Gasteiger partial charge >= 0.3 is 0 Å². The van der Waals surface area contributed by atoms with Gasteiger partial charge in [0.2, 0.25) is 0 Å². The Hall–Kier alpha value is -4.14. The van der Waals surface area contributed by atoms with Gasteiger partial charge in [0, 0.05) is 55.8 Å². The van der Waals surface area contributed by atoms with Crippen LogP contribution in [0.5, 0.6) is 5.75 Å². The van der Waals surface area contributed by atoms with Crippen LogP contribution in [0, 0.1) is 6.92 Å². The van der Waals surface area contributed by atoms with E-state index in [0.29, 0.717) is 24.3 Å². The molecule has 7 rings (SSSR count). The fraction of sp³-hybridized carbons (Fsp3) is 0.353. The molecule has 8 heteroatoms. The third kappa shape index (κ3) is 4.64. The molecule has 2 amide bonds. The highest BCUT2D eigenvalue weighted by Gasteiger charge is 2.40. The van der Waals surface area contributed by atoms with E-state index in [1.54, 1.807) is 13.2 Å². The Balaban J connectivity index is 1.07. The van der Waals surface area contributed by atoms with E-state index in [-0.39, 0.29) is 17.9 Å². The molecular weight excluding hydrogens is 530 g/mol. The zero-order chi connectivity index (χ0) is 28.8. The van der Waals surface area contributed by atoms with Crippen molar-refractivity contribution >= 4 is 28.5 Å². The van der Waals surface area contributed by atoms with E-state index in [1.165, 1.54) is 4.90 Å². The molecule has 1 atom stereocenters. The minimum absolute atomic E-state index is 0.0644. The highest BCUT2D eigenvalue weighted by molar-refractivity contribution is 6.23. The average Bonchev–Trinajstić information content (AvgIpc) is 3.71. The van der Waals surface area contributed by atoms with Crippen molar-refractivity contribution in [3.05, 3.63) is 83.1 Å². The Morgan fingerprint density at radius 1 is 0.929 bits per heavy atom. The smallest absolute Gasteiger partial charge is 0.263 e. The predicted octanol–water partition coefficient (Wildman–Crippen LogP) is 5.51. The van der Waals surface area contributed by atoms with Crippen molar-refractivity contribution in [2.75, 3.05) is 51.3 Å². The van der Waals surface area contributed by atoms with Crippen LogP contribution < -0.4 is 9.64 Å². The van der Waals surface area contributed by atoms with E-state index < -0.39 is 0 Å². The lowest BCUT2D eigenvalue weighted by Crippen LogP contribution is -2.46. The van der Waals surface area contributed by atoms with Crippen molar-refractivity contribution in [1.82, 2.24) is 9.80 Å². The highest BCUT2D eigenvalue weighted by Crippen LogP contribution is 2.39. The molecule has 3 aliphatic heterocycles. The molecule has 0 bridgehead atoms. The number of rotatable bonds is 7. The van der Waals surface area contributed by atoms with Crippen molar-refractivity contribution in [1.29, 1.82) is 0 Å². The standard InChI is InChI=1S/C34H35N3O5/c1-22-31(23-8-4-3-5-9-23)27-19-29(40-2)24(18-30(27)42-22)20-35-13-15-36(16-14-35)28-12-6-11-26-32(28)34(39)37(33(26)38)21-25-10-7-17-41-25/h3-6,8-9,11-12,18-19,25H,7,10,13-17,20-21H2,1-2H3. The maximum Gasteiger partial charge on any atom is 0.263 e. The number of methoxy groups -OCH3 is 1. The molecule has 4 aromatic rings. The van der Waals surface area contributed by atoms with Crippen molar-refractivity contribution in [2.24, 2.45) is 0 Å². The molecule has 8 nitrogen and oxygen atoms in total. The number of imide groups is 1. The number of piperazine rings is 1. The van der Waals surface area contributed by atoms with Gasteiger partial charge in [0.05, 0.1) is 36.6 Å². The van der Waals surface area contributed by atoms with Crippen LogP contribution in [-0.2, 0) is 11.3 Å². The van der Waals surface area contributed by atoms with Crippen molar-refractivity contribution in [3.8, 4) is 16.9 Å². The number of nitrogens with zero attached hydrogens (tertiary/aromatic N) is 3. The lowest BCUT2D eigenvalue weighted by atomic mass is 10.0. The second-order valence-electron chi connectivity index (χ2n) is 11.4. The number of amides is 2. The normalized spacial score (nSPS) is 19.2. The number of carbonyl (C=O) groups excluding carboxylic acids is 2. The van der Waals surface area contributed by atoms with Gasteiger partial charge in [-0.15, -0.1) is 0 Å². The summed E-state index contributed by atoms with van der Waals surface area (Å²) in [5, 5.41) is 1.05. The molecule has 3 aromatic carbocycles. The summed E-state index contributed by atoms with van der Waals surface area (Å²) in [6.45, 7) is 6.91. The molecule has 0 saturated carbocycles. The molecule has 1 aromatic heterocycles. The first-order valence-electron chi connectivity index (χ1n) is 14.8. The second-order valence-corrected chi connectivity index (χ2v) is 11.4. The highest BCUT2D eigenvalue weighted by atomic mass is 16.5. The van der Waals surface area contributed by atoms with Gasteiger partial charge in [-0.2, -0.15) is 0 Å². The Morgan fingerprint density at radius 2 is 1.74 bits per heavy atom. The summed E-state index contributed by atoms with van der Waals surface area (Å²) < 4.78 is 17.8. The lowest BCUT2D eigenvalue weighted by molar-refractivity contribution is 0.0475. The molecular formula is C34H35N3O5. The van der Waals surface area contributed by atoms with Crippen LogP contribution in [-0.4, -0.2) is 74.2 Å². The zero-order valence-electron chi connectivity index (χ0n) is 24.1. The summed E-state index contributed by atoms with van der Waals surface area (Å²) in [6.07, 6.45) is 1.79. The van der Waals surface area contributed by atoms with Crippen LogP contribution in [0.1, 0.15) is 44.9 Å². The minimum Gasteiger partial charge on any atom is -0.496 e. The Morgan fingerprint density at radius 3 is 2.48 bits per heavy atom. The van der Waals surface area contributed by atoms with Crippen LogP contribution in [0.15, 0.2) is 65.1 Å². The largest absolute Gasteiger partial charge is 0.496 e. The van der Waals surface area contributed by atoms with Gasteiger partial charge in [-0.05, 0) is 49.6 Å². The summed E-state index contributed by atoms with van der Waals surface area (Å²) in [5.74, 6) is 1.32. The summed E-state index contributed by atoms with van der Waals surface area (Å²) in [7, 11) is 1.72. The molecule has 1 unspecified atom stereocenters. The van der Waals surface area contributed by atoms with Crippen LogP contribution in [0.3, 0.4) is 0 Å². The Labute approximate surface area is 245 Å². The van der Waals surface area contributed by atoms with Gasteiger partial charge < -0.3 is 18.8 Å². The molecule has 0 radical (unpaired) electrons. The van der Waals surface area contributed by atoms with Crippen LogP contribution in [0.25, 0.3) is 22.1 Å². The van der Waals surface area contributed by atoms with E-state index in [4.69, 9.17) is 13.9 Å². The topological polar surface area (TPSA) is 75.5 Å². The molecule has 0 spiro atoms. The lowest BCUT2D eigenvalue weighted by Gasteiger charge is -2.37. The third-order valence-electron chi connectivity index (χ3n) is 8.82. The number of hydrogen-bond donors (Lipinski definition) is 0. The van der Waals surface area contributed by atoms with E-state index in [9.17, 15) is 9.59 Å². The van der Waals surface area contributed by atoms with E-state index in [0.717, 1.165) is 90.4 Å². The number of aryl methyl sites for hydroxylation is 1. The van der Waals surface area contributed by atoms with E-state index >= 15 is 0 Å². The minimum atomic E-state index is -0.211. The molecule has 0 N–H and O–H groups in total. The predicted molar refractivity (Wildman–Crippen MR) is 161 cm³/mol. The Bertz CT molecular complexity index is 1650. The van der Waals surface area contributed by atoms with Crippen LogP contribution in [0.2, 0.25) is 0 Å². The van der Waals surface area contributed by atoms with Crippen molar-refractivity contribution in [3.63, 3.8) is 0 Å². The maximum absolute atomic E-state index is 13.4. The number of furan rings is 1. The SMILES string of the molecule is COc1cc2c(-c3ccccc3)c(C)oc2cc1CN1CCN(c2cccc3c2C(=O)N(CC2CCCO2)C3=O)CC1. The Kier molecular flexibility index (Phi) is 6.96. The molecule has 42 heavy (non-hydrogen) atoms. The number of carbonyl (C=O) groups is 2. The summed E-state index contributed by atoms with van der Waals surface area (Å²) >= 11 is 0. The van der Waals surface area contributed by atoms with Crippen LogP contribution in [0.4, 0.5) is 5.69 Å². The first-order valence-corrected chi connectivity index (χ1v) is 14.8. The monoisotopic (exact) mass is 565 g/mol. The van der Waals surface area contributed by atoms with Gasteiger partial charge in [-0.3, -0.25) is 19.4 Å². The molecule has 0 aliphatic carbocycles. The van der Waals surface area contributed by atoms with Crippen molar-refractivity contribution in [2.45, 2.75) is 32.4 Å².